The smallest absolute Gasteiger partial charge is 0.216 e. The van der Waals surface area contributed by atoms with Crippen molar-refractivity contribution in [1.29, 1.82) is 0 Å². The molecule has 5 aliphatic heterocycles. The van der Waals surface area contributed by atoms with Gasteiger partial charge in [-0.25, -0.2) is 68.0 Å². The second-order valence-electron chi connectivity index (χ2n) is 38.9. The number of sulfonamides is 5. The largest absolute Gasteiger partial charge is 0.461 e. The average Bonchev–Trinajstić information content (AvgIpc) is 1.52. The van der Waals surface area contributed by atoms with Gasteiger partial charge >= 0.3 is 0 Å². The molecule has 147 heavy (non-hydrogen) atoms. The van der Waals surface area contributed by atoms with Crippen molar-refractivity contribution < 1.29 is 50.9 Å². The van der Waals surface area contributed by atoms with E-state index in [9.17, 15) is 46.5 Å². The summed E-state index contributed by atoms with van der Waals surface area (Å²) in [5.74, 6) is 1.69. The average molecular weight is 2090 g/mol. The number of anilines is 5. The lowest BCUT2D eigenvalue weighted by Crippen LogP contribution is -2.43. The highest BCUT2D eigenvalue weighted by molar-refractivity contribution is 7.90. The van der Waals surface area contributed by atoms with Gasteiger partial charge in [0.2, 0.25) is 50.1 Å². The van der Waals surface area contributed by atoms with E-state index in [-0.39, 0.29) is 58.0 Å². The molecule has 9 aromatic heterocycles. The highest BCUT2D eigenvalue weighted by Crippen LogP contribution is 2.42. The van der Waals surface area contributed by atoms with Crippen LogP contribution in [0, 0.1) is 34.6 Å². The summed E-state index contributed by atoms with van der Waals surface area (Å²) in [6, 6.07) is 46.5. The first kappa shape index (κ1) is 106. The number of rotatable bonds is 27. The number of hydrogen-bond acceptors (Lipinski definition) is 25. The number of halogens is 1. The van der Waals surface area contributed by atoms with E-state index < -0.39 is 55.9 Å². The molecule has 0 amide bonds. The lowest BCUT2D eigenvalue weighted by atomic mass is 9.99. The maximum Gasteiger partial charge on any atom is 0.216 e. The van der Waals surface area contributed by atoms with Crippen LogP contribution in [-0.4, -0.2) is 233 Å². The Morgan fingerprint density at radius 1 is 0.361 bits per heavy atom. The number of aromatic nitrogens is 8. The van der Waals surface area contributed by atoms with Crippen molar-refractivity contribution in [3.05, 3.63) is 267 Å². The Labute approximate surface area is 862 Å². The molecule has 7 aliphatic rings. The number of pyridine rings is 8. The van der Waals surface area contributed by atoms with Crippen LogP contribution in [0.25, 0.3) is 105 Å². The van der Waals surface area contributed by atoms with E-state index >= 15 is 0 Å². The number of hydrogen-bond donors (Lipinski definition) is 5. The third-order valence-electron chi connectivity index (χ3n) is 28.2. The number of nitrogens with one attached hydrogen (secondary N) is 5. The van der Waals surface area contributed by atoms with Crippen LogP contribution in [-0.2, 0) is 50.1 Å². The normalized spacial score (nSPS) is 17.4. The van der Waals surface area contributed by atoms with Crippen molar-refractivity contribution in [3.8, 4) is 44.7 Å². The summed E-state index contributed by atoms with van der Waals surface area (Å²) in [6.07, 6.45) is 38.7. The van der Waals surface area contributed by atoms with Gasteiger partial charge in [-0.15, -0.1) is 0 Å². The van der Waals surface area contributed by atoms with Crippen molar-refractivity contribution in [3.63, 3.8) is 0 Å². The van der Waals surface area contributed by atoms with Crippen LogP contribution in [0.1, 0.15) is 145 Å². The van der Waals surface area contributed by atoms with Gasteiger partial charge in [-0.05, 0) is 351 Å². The molecule has 0 spiro atoms. The fraction of sp³-hybridized carbons (Fsp3) is 0.378. The molecule has 0 unspecified atom stereocenters. The quantitative estimate of drug-likeness (QED) is 0.0299. The van der Waals surface area contributed by atoms with Crippen LogP contribution >= 0.6 is 0 Å². The monoisotopic (exact) mass is 2080 g/mol. The van der Waals surface area contributed by atoms with Crippen LogP contribution in [0.4, 0.5) is 32.8 Å². The molecule has 36 heteroatoms. The third kappa shape index (κ3) is 26.6. The highest BCUT2D eigenvalue weighted by atomic mass is 32.2. The van der Waals surface area contributed by atoms with Crippen molar-refractivity contribution in [1.82, 2.24) is 61.4 Å². The van der Waals surface area contributed by atoms with E-state index in [0.29, 0.717) is 83.9 Å². The molecule has 0 radical (unpaired) electrons. The zero-order valence-electron chi connectivity index (χ0n) is 84.5. The molecule has 14 heterocycles. The second-order valence-corrected chi connectivity index (χ2v) is 50.1. The number of benzene rings is 5. The van der Waals surface area contributed by atoms with Gasteiger partial charge < -0.3 is 31.0 Å². The lowest BCUT2D eigenvalue weighted by molar-refractivity contribution is 0.329. The fourth-order valence-corrected chi connectivity index (χ4v) is 27.0. The predicted molar refractivity (Wildman–Crippen MR) is 591 cm³/mol. The van der Waals surface area contributed by atoms with Crippen LogP contribution in [0.3, 0.4) is 0 Å². The van der Waals surface area contributed by atoms with Crippen molar-refractivity contribution in [2.45, 2.75) is 186 Å². The highest BCUT2D eigenvalue weighted by Gasteiger charge is 2.43. The van der Waals surface area contributed by atoms with Gasteiger partial charge in [0.05, 0.1) is 34.0 Å². The van der Waals surface area contributed by atoms with Crippen molar-refractivity contribution in [2.75, 3.05) is 109 Å². The Morgan fingerprint density at radius 2 is 0.694 bits per heavy atom. The molecule has 30 nitrogen and oxygen atoms in total. The molecule has 5 N–H and O–H groups in total. The van der Waals surface area contributed by atoms with E-state index in [4.69, 9.17) is 4.42 Å². The SMILES string of the molecule is C=CN=C/C(F)=C/c1cc(NC2CCN(S(=O)(=O)CC)CC2)c2cnccc2c1.CCS(=O)(=O)N1CCC(Nc2cc(-c3cc(C)nc(C)c3)cc3ccncc23)CC1.CCS(=O)(=O)N1CCC(Nc2cc(-c3ccc(C)o3)cc3ccncc23)CC1.Cc1cc(-c2cc(NC3CCN(S(=O)(=O)C4CC4)CC3)c3cnccc3c2)ccn1.Cc1cncc(-c2cc(NC3CCN(S(=O)(=O)C4CC4)CC3)c3cnccc3c2)c1. The van der Waals surface area contributed by atoms with E-state index in [0.717, 1.165) is 239 Å². The minimum Gasteiger partial charge on any atom is -0.461 e. The molecule has 14 aromatic rings. The number of fused-ring (bicyclic) bond motifs is 5. The molecule has 5 aromatic carbocycles. The number of piperidine rings is 5. The van der Waals surface area contributed by atoms with Gasteiger partial charge in [-0.3, -0.25) is 44.9 Å². The van der Waals surface area contributed by atoms with Crippen LogP contribution in [0.15, 0.2) is 242 Å². The zero-order chi connectivity index (χ0) is 103. The fourth-order valence-electron chi connectivity index (χ4n) is 19.8. The summed E-state index contributed by atoms with van der Waals surface area (Å²) in [7, 11) is -15.5. The zero-order valence-corrected chi connectivity index (χ0v) is 88.5. The molecule has 772 valence electrons. The van der Waals surface area contributed by atoms with E-state index in [1.807, 2.05) is 157 Å². The maximum atomic E-state index is 14.0. The molecule has 2 saturated carbocycles. The lowest BCUT2D eigenvalue weighted by Gasteiger charge is -2.32. The molecule has 2 aliphatic carbocycles. The summed E-state index contributed by atoms with van der Waals surface area (Å²) in [5, 5.41) is 28.6. The van der Waals surface area contributed by atoms with Gasteiger partial charge in [-0.1, -0.05) is 6.58 Å². The molecule has 0 bridgehead atoms. The van der Waals surface area contributed by atoms with Gasteiger partial charge in [0.1, 0.15) is 17.3 Å². The van der Waals surface area contributed by atoms with E-state index in [1.165, 1.54) is 12.3 Å². The van der Waals surface area contributed by atoms with Gasteiger partial charge in [0, 0.05) is 266 Å². The van der Waals surface area contributed by atoms with Crippen LogP contribution < -0.4 is 26.6 Å². The van der Waals surface area contributed by atoms with Gasteiger partial charge in [-0.2, -0.15) is 0 Å². The molecule has 21 rings (SSSR count). The first-order valence-electron chi connectivity index (χ1n) is 50.8. The minimum atomic E-state index is -3.15. The maximum absolute atomic E-state index is 14.0. The molecule has 7 fully saturated rings. The third-order valence-corrected chi connectivity index (χ3v) is 38.7. The van der Waals surface area contributed by atoms with Crippen LogP contribution in [0.2, 0.25) is 0 Å². The van der Waals surface area contributed by atoms with E-state index in [2.05, 4.69) is 151 Å². The predicted octanol–water partition coefficient (Wildman–Crippen LogP) is 20.1. The summed E-state index contributed by atoms with van der Waals surface area (Å²) in [4.78, 5) is 38.3. The number of aryl methyl sites for hydroxylation is 5. The summed E-state index contributed by atoms with van der Waals surface area (Å²) >= 11 is 0. The molecule has 5 saturated heterocycles. The van der Waals surface area contributed by atoms with Gasteiger partial charge in [0.15, 0.2) is 0 Å². The first-order chi connectivity index (χ1) is 70.7. The minimum absolute atomic E-state index is 0.122. The molecule has 0 atom stereocenters. The summed E-state index contributed by atoms with van der Waals surface area (Å²) < 4.78 is 151. The van der Waals surface area contributed by atoms with Crippen LogP contribution in [0.5, 0.6) is 0 Å². The van der Waals surface area contributed by atoms with Crippen molar-refractivity contribution >= 4 is 145 Å². The topological polar surface area (TPSA) is 376 Å². The standard InChI is InChI=1S/2C23H26N4O2S.C23H28N4O2S.C21H25FN4O2S.C21H25N3O3S/c1-16-12-17(5-9-25-16)19-13-18-4-8-24-15-22(18)23(14-19)26-20-6-10-27(11-7-20)30(28,29)21-2-3-21;1-16-10-19(14-25-13-16)18-11-17-4-7-24-15-22(17)23(12-18)26-20-5-8-27(9-6-20)30(28,29)21-2-3-21;1-4-30(28,29)27-9-6-21(7-10-27)26-23-14-20(13-18-5-8-24-15-22(18)23)19-11-16(2)25-17(3)12-19;1-3-23-14-18(22)12-16-11-17-5-8-24-15-20(17)21(13-16)25-19-6-9-26(10-7-19)29(27,28)4-2;1-3-28(25,26)24-10-7-18(8-11-24)23-20-13-17(21-5-4-15(2)27-21)12-16-6-9-22-14-19(16)20/h4-5,8-9,12-15,20-21,26H,2-3,6-7,10-11H2,1H3;4,7,10-15,20-21,26H,2-3,5-6,8-9H2,1H3;5,8,11-15,21,26H,4,6-7,9-10H2,1-3H3;3,5,8,11-15,19,25H,1,4,6-7,9-10H2,2H3;4-6,9,12-14,18,23H,3,7-8,10-11H2,1-2H3/b;;;18-12-,23-14?;. The number of allylic oxidation sites excluding steroid dienone is 1. The second kappa shape index (κ2) is 46.9. The Kier molecular flexibility index (Phi) is 33.8. The number of aliphatic imine (C=N–C) groups is 1. The van der Waals surface area contributed by atoms with Gasteiger partial charge in [0.25, 0.3) is 0 Å². The Hall–Kier alpha value is -12.5. The Balaban J connectivity index is 0.000000126. The first-order valence-corrected chi connectivity index (χ1v) is 58.6. The number of furan rings is 1. The van der Waals surface area contributed by atoms with E-state index in [1.54, 1.807) is 60.9 Å². The molecular formula is C111H130FN19O11S5. The Morgan fingerprint density at radius 3 is 1.04 bits per heavy atom. The number of nitrogens with zero attached hydrogens (tertiary/aromatic N) is 14. The summed E-state index contributed by atoms with van der Waals surface area (Å²) in [5.41, 5.74) is 17.6. The molecular weight excluding hydrogens is 1950 g/mol. The Bertz CT molecular complexity index is 7560. The summed E-state index contributed by atoms with van der Waals surface area (Å²) in [6.45, 7) is 24.1. The van der Waals surface area contributed by atoms with Crippen molar-refractivity contribution in [2.24, 2.45) is 4.99 Å².